The van der Waals surface area contributed by atoms with Crippen molar-refractivity contribution in [3.63, 3.8) is 0 Å². The van der Waals surface area contributed by atoms with Gasteiger partial charge in [-0.15, -0.1) is 0 Å². The van der Waals surface area contributed by atoms with Crippen LogP contribution < -0.4 is 15.4 Å². The number of benzene rings is 2. The minimum Gasteiger partial charge on any atom is -0.497 e. The Morgan fingerprint density at radius 3 is 2.21 bits per heavy atom. The summed E-state index contributed by atoms with van der Waals surface area (Å²) in [6.45, 7) is 9.93. The van der Waals surface area contributed by atoms with E-state index in [0.29, 0.717) is 5.82 Å². The second-order valence-corrected chi connectivity index (χ2v) is 9.38. The molecule has 0 fully saturated rings. The summed E-state index contributed by atoms with van der Waals surface area (Å²) in [7, 11) is 3.20. The van der Waals surface area contributed by atoms with Crippen LogP contribution in [0.5, 0.6) is 5.75 Å². The number of aromatic nitrogens is 2. The van der Waals surface area contributed by atoms with Gasteiger partial charge < -0.3 is 20.3 Å². The van der Waals surface area contributed by atoms with Gasteiger partial charge >= 0.3 is 6.03 Å². The summed E-state index contributed by atoms with van der Waals surface area (Å²) < 4.78 is 6.93. The van der Waals surface area contributed by atoms with E-state index in [1.165, 1.54) is 4.90 Å². The number of methoxy groups -OCH3 is 1. The number of hydrogen-bond acceptors (Lipinski definition) is 4. The molecule has 8 heteroatoms. The van der Waals surface area contributed by atoms with Crippen LogP contribution in [0.3, 0.4) is 0 Å². The van der Waals surface area contributed by atoms with Crippen LogP contribution in [-0.2, 0) is 10.2 Å². The molecule has 0 aliphatic heterocycles. The lowest BCUT2D eigenvalue weighted by Crippen LogP contribution is -2.38. The monoisotopic (exact) mass is 463 g/mol. The number of carbonyl (C=O) groups excluding carboxylic acids is 2. The van der Waals surface area contributed by atoms with E-state index >= 15 is 0 Å². The topological polar surface area (TPSA) is 88.5 Å². The molecular weight excluding hydrogens is 430 g/mol. The van der Waals surface area contributed by atoms with Gasteiger partial charge in [0.2, 0.25) is 5.91 Å². The van der Waals surface area contributed by atoms with E-state index in [1.807, 2.05) is 62.4 Å². The highest BCUT2D eigenvalue weighted by Gasteiger charge is 2.22. The summed E-state index contributed by atoms with van der Waals surface area (Å²) in [6, 6.07) is 14.7. The van der Waals surface area contributed by atoms with E-state index in [9.17, 15) is 9.59 Å². The predicted molar refractivity (Wildman–Crippen MR) is 135 cm³/mol. The molecule has 2 N–H and O–H groups in total. The Balaban J connectivity index is 1.76. The number of hydrogen-bond donors (Lipinski definition) is 2. The normalized spacial score (nSPS) is 11.1. The van der Waals surface area contributed by atoms with Gasteiger partial charge in [-0.25, -0.2) is 9.48 Å². The fourth-order valence-electron chi connectivity index (χ4n) is 3.44. The number of nitrogens with one attached hydrogen (secondary N) is 2. The Morgan fingerprint density at radius 1 is 1.03 bits per heavy atom. The van der Waals surface area contributed by atoms with Crippen molar-refractivity contribution in [1.29, 1.82) is 0 Å². The van der Waals surface area contributed by atoms with Crippen LogP contribution in [0.4, 0.5) is 16.3 Å². The van der Waals surface area contributed by atoms with Crippen molar-refractivity contribution < 1.29 is 14.3 Å². The molecule has 1 heterocycles. The number of ether oxygens (including phenoxy) is 1. The highest BCUT2D eigenvalue weighted by molar-refractivity contribution is 5.97. The molecule has 0 aliphatic carbocycles. The summed E-state index contributed by atoms with van der Waals surface area (Å²) in [5.74, 6) is 0.937. The Kier molecular flexibility index (Phi) is 7.29. The van der Waals surface area contributed by atoms with E-state index in [1.54, 1.807) is 18.8 Å². The minimum atomic E-state index is -0.355. The van der Waals surface area contributed by atoms with Gasteiger partial charge in [-0.2, -0.15) is 5.10 Å². The van der Waals surface area contributed by atoms with Crippen molar-refractivity contribution >= 4 is 23.4 Å². The zero-order valence-electron chi connectivity index (χ0n) is 20.9. The molecule has 0 spiro atoms. The number of likely N-dealkylation sites (N-methyl/N-ethyl adjacent to an activating group) is 1. The van der Waals surface area contributed by atoms with Gasteiger partial charge in [0, 0.05) is 24.2 Å². The first kappa shape index (κ1) is 24.8. The number of para-hydroxylation sites is 1. The minimum absolute atomic E-state index is 0.116. The Hall–Kier alpha value is -3.81. The van der Waals surface area contributed by atoms with Crippen molar-refractivity contribution in [2.24, 2.45) is 0 Å². The second kappa shape index (κ2) is 9.99. The number of aryl methyl sites for hydroxylation is 2. The van der Waals surface area contributed by atoms with E-state index in [4.69, 9.17) is 9.84 Å². The van der Waals surface area contributed by atoms with E-state index in [2.05, 4.69) is 31.4 Å². The van der Waals surface area contributed by atoms with Crippen molar-refractivity contribution in [2.45, 2.75) is 40.0 Å². The van der Waals surface area contributed by atoms with Gasteiger partial charge in [-0.05, 0) is 49.2 Å². The Labute approximate surface area is 200 Å². The molecule has 34 heavy (non-hydrogen) atoms. The molecule has 1 aromatic heterocycles. The first-order chi connectivity index (χ1) is 16.0. The summed E-state index contributed by atoms with van der Waals surface area (Å²) in [6.07, 6.45) is 0. The molecule has 0 atom stereocenters. The van der Waals surface area contributed by atoms with E-state index in [-0.39, 0.29) is 23.9 Å². The molecule has 0 saturated carbocycles. The molecule has 0 radical (unpaired) electrons. The third-order valence-electron chi connectivity index (χ3n) is 5.50. The first-order valence-electron chi connectivity index (χ1n) is 11.1. The SMILES string of the molecule is COc1ccc(-n2nc(C(C)(C)C)cc2NC(=O)CN(C)C(=O)Nc2c(C)cccc2C)cc1. The molecule has 3 rings (SSSR count). The van der Waals surface area contributed by atoms with E-state index in [0.717, 1.165) is 33.9 Å². The zero-order valence-corrected chi connectivity index (χ0v) is 20.9. The molecule has 0 saturated heterocycles. The van der Waals surface area contributed by atoms with E-state index < -0.39 is 0 Å². The molecule has 180 valence electrons. The summed E-state index contributed by atoms with van der Waals surface area (Å²) in [5.41, 5.74) is 4.09. The van der Waals surface area contributed by atoms with Crippen molar-refractivity contribution in [3.8, 4) is 11.4 Å². The number of nitrogens with zero attached hydrogens (tertiary/aromatic N) is 3. The molecule has 3 amide bonds. The highest BCUT2D eigenvalue weighted by Crippen LogP contribution is 2.27. The maximum Gasteiger partial charge on any atom is 0.322 e. The van der Waals surface area contributed by atoms with Crippen LogP contribution in [0.25, 0.3) is 5.69 Å². The molecule has 0 bridgehead atoms. The summed E-state index contributed by atoms with van der Waals surface area (Å²) >= 11 is 0. The van der Waals surface area contributed by atoms with Crippen LogP contribution in [0, 0.1) is 13.8 Å². The predicted octanol–water partition coefficient (Wildman–Crippen LogP) is 4.90. The molecular formula is C26H33N5O3. The lowest BCUT2D eigenvalue weighted by Gasteiger charge is -2.19. The third-order valence-corrected chi connectivity index (χ3v) is 5.50. The number of amides is 3. The number of carbonyl (C=O) groups is 2. The lowest BCUT2D eigenvalue weighted by molar-refractivity contribution is -0.116. The van der Waals surface area contributed by atoms with Gasteiger partial charge in [0.15, 0.2) is 0 Å². The maximum atomic E-state index is 12.9. The third kappa shape index (κ3) is 5.75. The van der Waals surface area contributed by atoms with Crippen molar-refractivity contribution in [2.75, 3.05) is 31.3 Å². The fourth-order valence-corrected chi connectivity index (χ4v) is 3.44. The maximum absolute atomic E-state index is 12.9. The Bertz CT molecular complexity index is 1160. The fraction of sp³-hybridized carbons (Fsp3) is 0.346. The standard InChI is InChI=1S/C26H33N5O3/c1-17-9-8-10-18(2)24(17)28-25(33)30(6)16-23(32)27-22-15-21(26(3,4)5)29-31(22)19-11-13-20(34-7)14-12-19/h8-15H,16H2,1-7H3,(H,27,32)(H,28,33). The first-order valence-corrected chi connectivity index (χ1v) is 11.1. The number of rotatable bonds is 6. The van der Waals surface area contributed by atoms with Crippen LogP contribution >= 0.6 is 0 Å². The quantitative estimate of drug-likeness (QED) is 0.544. The molecule has 2 aromatic carbocycles. The smallest absolute Gasteiger partial charge is 0.322 e. The second-order valence-electron chi connectivity index (χ2n) is 9.38. The average molecular weight is 464 g/mol. The highest BCUT2D eigenvalue weighted by atomic mass is 16.5. The molecule has 8 nitrogen and oxygen atoms in total. The number of anilines is 2. The number of urea groups is 1. The zero-order chi connectivity index (χ0) is 25.0. The van der Waals surface area contributed by atoms with Gasteiger partial charge in [-0.1, -0.05) is 39.0 Å². The lowest BCUT2D eigenvalue weighted by atomic mass is 9.92. The van der Waals surface area contributed by atoms with Crippen molar-refractivity contribution in [1.82, 2.24) is 14.7 Å². The van der Waals surface area contributed by atoms with Gasteiger partial charge in [0.1, 0.15) is 18.1 Å². The Morgan fingerprint density at radius 2 is 1.65 bits per heavy atom. The molecule has 0 aliphatic rings. The van der Waals surface area contributed by atoms with Gasteiger partial charge in [-0.3, -0.25) is 4.79 Å². The van der Waals surface area contributed by atoms with Gasteiger partial charge in [0.05, 0.1) is 18.5 Å². The largest absolute Gasteiger partial charge is 0.497 e. The molecule has 0 unspecified atom stereocenters. The van der Waals surface area contributed by atoms with Crippen LogP contribution in [-0.4, -0.2) is 47.3 Å². The van der Waals surface area contributed by atoms with Crippen molar-refractivity contribution in [3.05, 3.63) is 65.4 Å². The summed E-state index contributed by atoms with van der Waals surface area (Å²) in [5, 5.41) is 10.5. The van der Waals surface area contributed by atoms with Crippen LogP contribution in [0.15, 0.2) is 48.5 Å². The molecule has 3 aromatic rings. The average Bonchev–Trinajstić information content (AvgIpc) is 3.20. The van der Waals surface area contributed by atoms with Gasteiger partial charge in [0.25, 0.3) is 0 Å². The summed E-state index contributed by atoms with van der Waals surface area (Å²) in [4.78, 5) is 26.9. The van der Waals surface area contributed by atoms with Crippen LogP contribution in [0.2, 0.25) is 0 Å². The van der Waals surface area contributed by atoms with Crippen LogP contribution in [0.1, 0.15) is 37.6 Å².